The third-order valence-electron chi connectivity index (χ3n) is 5.10. The summed E-state index contributed by atoms with van der Waals surface area (Å²) in [5.41, 5.74) is 8.41. The van der Waals surface area contributed by atoms with E-state index in [2.05, 4.69) is 16.0 Å². The van der Waals surface area contributed by atoms with E-state index in [1.54, 1.807) is 6.20 Å². The van der Waals surface area contributed by atoms with Crippen LogP contribution in [0.5, 0.6) is 0 Å². The molecule has 2 N–H and O–H groups in total. The molecule has 3 rings (SSSR count). The maximum absolute atomic E-state index is 5.76. The van der Waals surface area contributed by atoms with Crippen molar-refractivity contribution in [2.75, 3.05) is 13.1 Å². The minimum atomic E-state index is 0.407. The summed E-state index contributed by atoms with van der Waals surface area (Å²) in [5.74, 6) is 0. The molecule has 2 heterocycles. The van der Waals surface area contributed by atoms with Crippen LogP contribution in [-0.2, 0) is 6.54 Å². The summed E-state index contributed by atoms with van der Waals surface area (Å²) in [6.45, 7) is 3.33. The summed E-state index contributed by atoms with van der Waals surface area (Å²) >= 11 is 5.10. The van der Waals surface area contributed by atoms with E-state index in [4.69, 9.17) is 18.0 Å². The van der Waals surface area contributed by atoms with E-state index in [9.17, 15) is 0 Å². The highest BCUT2D eigenvalue weighted by molar-refractivity contribution is 7.80. The molecule has 3 nitrogen and oxygen atoms in total. The number of hydrogen-bond donors (Lipinski definition) is 1. The van der Waals surface area contributed by atoms with Gasteiger partial charge in [-0.2, -0.15) is 0 Å². The number of pyridine rings is 1. The van der Waals surface area contributed by atoms with Crippen molar-refractivity contribution in [3.8, 4) is 0 Å². The number of likely N-dealkylation sites (tertiary alicyclic amines) is 1. The predicted octanol–water partition coefficient (Wildman–Crippen LogP) is 2.87. The molecule has 0 amide bonds. The van der Waals surface area contributed by atoms with Crippen LogP contribution in [0.25, 0.3) is 0 Å². The van der Waals surface area contributed by atoms with Crippen molar-refractivity contribution < 1.29 is 0 Å². The summed E-state index contributed by atoms with van der Waals surface area (Å²) in [5, 5.41) is 0. The van der Waals surface area contributed by atoms with Gasteiger partial charge in [0.2, 0.25) is 0 Å². The number of nitrogens with two attached hydrogens (primary N) is 1. The molecule has 0 aromatic carbocycles. The highest BCUT2D eigenvalue weighted by Crippen LogP contribution is 2.46. The number of rotatable bonds is 3. The van der Waals surface area contributed by atoms with Gasteiger partial charge >= 0.3 is 0 Å². The van der Waals surface area contributed by atoms with Crippen LogP contribution < -0.4 is 5.73 Å². The molecule has 0 radical (unpaired) electrons. The third kappa shape index (κ3) is 2.86. The van der Waals surface area contributed by atoms with Gasteiger partial charge < -0.3 is 5.73 Å². The summed E-state index contributed by atoms with van der Waals surface area (Å²) in [7, 11) is 0. The molecule has 20 heavy (non-hydrogen) atoms. The zero-order valence-corrected chi connectivity index (χ0v) is 12.8. The number of thiocarbonyl (C=S) groups is 1. The maximum Gasteiger partial charge on any atom is 0.123 e. The SMILES string of the molecule is NC(=S)c1ncccc1CN1CCC2(CCCC2)CC1. The van der Waals surface area contributed by atoms with Gasteiger partial charge in [0, 0.05) is 12.7 Å². The van der Waals surface area contributed by atoms with Crippen molar-refractivity contribution in [2.24, 2.45) is 11.1 Å². The Morgan fingerprint density at radius 1 is 1.25 bits per heavy atom. The summed E-state index contributed by atoms with van der Waals surface area (Å²) in [6, 6.07) is 4.07. The van der Waals surface area contributed by atoms with E-state index in [1.807, 2.05) is 6.07 Å². The van der Waals surface area contributed by atoms with E-state index in [1.165, 1.54) is 57.2 Å². The molecule has 1 aromatic rings. The van der Waals surface area contributed by atoms with Crippen molar-refractivity contribution in [1.29, 1.82) is 0 Å². The van der Waals surface area contributed by atoms with Crippen LogP contribution in [0.3, 0.4) is 0 Å². The number of aromatic nitrogens is 1. The van der Waals surface area contributed by atoms with Gasteiger partial charge in [0.05, 0.1) is 0 Å². The first-order valence-corrected chi connectivity index (χ1v) is 8.05. The molecule has 1 saturated carbocycles. The van der Waals surface area contributed by atoms with Gasteiger partial charge in [-0.15, -0.1) is 0 Å². The van der Waals surface area contributed by atoms with Crippen molar-refractivity contribution in [2.45, 2.75) is 45.1 Å². The topological polar surface area (TPSA) is 42.1 Å². The Bertz CT molecular complexity index is 484. The van der Waals surface area contributed by atoms with Crippen LogP contribution in [0.1, 0.15) is 49.8 Å². The first-order valence-electron chi connectivity index (χ1n) is 7.65. The van der Waals surface area contributed by atoms with Crippen molar-refractivity contribution in [3.63, 3.8) is 0 Å². The van der Waals surface area contributed by atoms with E-state index in [-0.39, 0.29) is 0 Å². The Labute approximate surface area is 126 Å². The molecule has 1 aromatic heterocycles. The van der Waals surface area contributed by atoms with Gasteiger partial charge in [0.15, 0.2) is 0 Å². The molecule has 1 aliphatic carbocycles. The maximum atomic E-state index is 5.76. The Hall–Kier alpha value is -1.00. The second-order valence-electron chi connectivity index (χ2n) is 6.36. The smallest absolute Gasteiger partial charge is 0.123 e. The van der Waals surface area contributed by atoms with Gasteiger partial charge in [-0.05, 0) is 55.8 Å². The van der Waals surface area contributed by atoms with Crippen LogP contribution in [0, 0.1) is 5.41 Å². The average molecular weight is 289 g/mol. The fourth-order valence-electron chi connectivity index (χ4n) is 3.84. The van der Waals surface area contributed by atoms with Crippen LogP contribution in [0.15, 0.2) is 18.3 Å². The Kier molecular flexibility index (Phi) is 4.03. The number of hydrogen-bond acceptors (Lipinski definition) is 3. The standard InChI is InChI=1S/C16H23N3S/c17-15(20)14-13(4-3-9-18-14)12-19-10-7-16(8-11-19)5-1-2-6-16/h3-4,9H,1-2,5-8,10-12H2,(H2,17,20). The lowest BCUT2D eigenvalue weighted by Crippen LogP contribution is -2.38. The summed E-state index contributed by atoms with van der Waals surface area (Å²) in [6.07, 6.45) is 10.3. The Morgan fingerprint density at radius 2 is 1.95 bits per heavy atom. The average Bonchev–Trinajstić information content (AvgIpc) is 2.90. The minimum absolute atomic E-state index is 0.407. The van der Waals surface area contributed by atoms with Gasteiger partial charge in [-0.3, -0.25) is 9.88 Å². The molecule has 108 valence electrons. The molecule has 4 heteroatoms. The lowest BCUT2D eigenvalue weighted by atomic mass is 9.77. The number of piperidine rings is 1. The quantitative estimate of drug-likeness (QED) is 0.869. The molecule has 0 bridgehead atoms. The van der Waals surface area contributed by atoms with E-state index < -0.39 is 0 Å². The lowest BCUT2D eigenvalue weighted by Gasteiger charge is -2.39. The highest BCUT2D eigenvalue weighted by atomic mass is 32.1. The van der Waals surface area contributed by atoms with E-state index in [0.29, 0.717) is 10.4 Å². The monoisotopic (exact) mass is 289 g/mol. The zero-order valence-electron chi connectivity index (χ0n) is 12.0. The predicted molar refractivity (Wildman–Crippen MR) is 85.5 cm³/mol. The second-order valence-corrected chi connectivity index (χ2v) is 6.80. The fraction of sp³-hybridized carbons (Fsp3) is 0.625. The van der Waals surface area contributed by atoms with Crippen molar-refractivity contribution in [3.05, 3.63) is 29.6 Å². The highest BCUT2D eigenvalue weighted by Gasteiger charge is 2.36. The Balaban J connectivity index is 1.64. The van der Waals surface area contributed by atoms with Crippen molar-refractivity contribution in [1.82, 2.24) is 9.88 Å². The lowest BCUT2D eigenvalue weighted by molar-refractivity contribution is 0.103. The third-order valence-corrected chi connectivity index (χ3v) is 5.29. The van der Waals surface area contributed by atoms with Gasteiger partial charge in [-0.25, -0.2) is 0 Å². The van der Waals surface area contributed by atoms with Gasteiger partial charge in [0.1, 0.15) is 10.7 Å². The molecule has 0 atom stereocenters. The van der Waals surface area contributed by atoms with Crippen LogP contribution in [0.2, 0.25) is 0 Å². The first-order chi connectivity index (χ1) is 9.69. The summed E-state index contributed by atoms with van der Waals surface area (Å²) in [4.78, 5) is 7.26. The van der Waals surface area contributed by atoms with Gasteiger partial charge in [-0.1, -0.05) is 31.1 Å². The molecular weight excluding hydrogens is 266 g/mol. The molecular formula is C16H23N3S. The van der Waals surface area contributed by atoms with Gasteiger partial charge in [0.25, 0.3) is 0 Å². The Morgan fingerprint density at radius 3 is 2.60 bits per heavy atom. The van der Waals surface area contributed by atoms with E-state index in [0.717, 1.165) is 12.2 Å². The largest absolute Gasteiger partial charge is 0.388 e. The van der Waals surface area contributed by atoms with Crippen LogP contribution >= 0.6 is 12.2 Å². The van der Waals surface area contributed by atoms with Crippen LogP contribution in [0.4, 0.5) is 0 Å². The zero-order chi connectivity index (χ0) is 14.0. The first kappa shape index (κ1) is 14.0. The second kappa shape index (κ2) is 5.78. The van der Waals surface area contributed by atoms with Crippen molar-refractivity contribution >= 4 is 17.2 Å². The molecule has 2 aliphatic rings. The molecule has 0 unspecified atom stereocenters. The molecule has 1 spiro atoms. The fourth-order valence-corrected chi connectivity index (χ4v) is 4.02. The molecule has 1 aliphatic heterocycles. The molecule has 1 saturated heterocycles. The summed E-state index contributed by atoms with van der Waals surface area (Å²) < 4.78 is 0. The normalized spacial score (nSPS) is 22.2. The number of nitrogens with zero attached hydrogens (tertiary/aromatic N) is 2. The van der Waals surface area contributed by atoms with Crippen LogP contribution in [-0.4, -0.2) is 28.0 Å². The van der Waals surface area contributed by atoms with E-state index >= 15 is 0 Å². The molecule has 2 fully saturated rings. The minimum Gasteiger partial charge on any atom is -0.388 e.